The highest BCUT2D eigenvalue weighted by atomic mass is 32.1. The van der Waals surface area contributed by atoms with Crippen molar-refractivity contribution in [2.24, 2.45) is 7.05 Å². The molecule has 0 aromatic carbocycles. The van der Waals surface area contributed by atoms with E-state index in [0.29, 0.717) is 11.4 Å². The van der Waals surface area contributed by atoms with E-state index in [0.717, 1.165) is 27.5 Å². The number of nitrogens with one attached hydrogen (secondary N) is 1. The van der Waals surface area contributed by atoms with Gasteiger partial charge in [-0.3, -0.25) is 14.5 Å². The zero-order valence-electron chi connectivity index (χ0n) is 13.2. The second-order valence-corrected chi connectivity index (χ2v) is 6.45. The van der Waals surface area contributed by atoms with Crippen LogP contribution in [0.2, 0.25) is 0 Å². The van der Waals surface area contributed by atoms with Gasteiger partial charge < -0.3 is 5.32 Å². The van der Waals surface area contributed by atoms with Gasteiger partial charge in [0.05, 0.1) is 22.6 Å². The molecule has 1 N–H and O–H groups in total. The number of carbonyl (C=O) groups is 1. The Hall–Kier alpha value is -2.54. The first-order valence-electron chi connectivity index (χ1n) is 7.19. The molecule has 0 spiro atoms. The molecule has 118 valence electrons. The van der Waals surface area contributed by atoms with Crippen molar-refractivity contribution in [2.45, 2.75) is 20.4 Å². The van der Waals surface area contributed by atoms with E-state index in [2.05, 4.69) is 20.4 Å². The van der Waals surface area contributed by atoms with E-state index < -0.39 is 0 Å². The SMILES string of the molecule is Cc1nc(C)c(C(=O)NCc2cccnc2-c2cnn(C)c2)s1. The van der Waals surface area contributed by atoms with Crippen LogP contribution in [0.15, 0.2) is 30.7 Å². The summed E-state index contributed by atoms with van der Waals surface area (Å²) in [6.07, 6.45) is 5.42. The Morgan fingerprint density at radius 2 is 2.22 bits per heavy atom. The fraction of sp³-hybridized carbons (Fsp3) is 0.250. The van der Waals surface area contributed by atoms with Gasteiger partial charge in [0.2, 0.25) is 0 Å². The number of hydrogen-bond donors (Lipinski definition) is 1. The normalized spacial score (nSPS) is 10.7. The number of nitrogens with zero attached hydrogens (tertiary/aromatic N) is 4. The maximum Gasteiger partial charge on any atom is 0.263 e. The van der Waals surface area contributed by atoms with E-state index in [1.165, 1.54) is 11.3 Å². The van der Waals surface area contributed by atoms with Crippen molar-refractivity contribution >= 4 is 17.2 Å². The predicted molar refractivity (Wildman–Crippen MR) is 89.2 cm³/mol. The predicted octanol–water partition coefficient (Wildman–Crippen LogP) is 2.49. The Labute approximate surface area is 138 Å². The highest BCUT2D eigenvalue weighted by Crippen LogP contribution is 2.21. The summed E-state index contributed by atoms with van der Waals surface area (Å²) in [5.41, 5.74) is 3.48. The number of carbonyl (C=O) groups excluding carboxylic acids is 1. The summed E-state index contributed by atoms with van der Waals surface area (Å²) in [6, 6.07) is 3.82. The Balaban J connectivity index is 1.79. The highest BCUT2D eigenvalue weighted by molar-refractivity contribution is 7.13. The molecule has 3 rings (SSSR count). The molecule has 0 radical (unpaired) electrons. The van der Waals surface area contributed by atoms with Crippen molar-refractivity contribution < 1.29 is 4.79 Å². The van der Waals surface area contributed by atoms with Crippen LogP contribution in [0.5, 0.6) is 0 Å². The van der Waals surface area contributed by atoms with Gasteiger partial charge in [-0.2, -0.15) is 5.10 Å². The van der Waals surface area contributed by atoms with Crippen LogP contribution >= 0.6 is 11.3 Å². The topological polar surface area (TPSA) is 72.7 Å². The third-order valence-electron chi connectivity index (χ3n) is 3.42. The molecule has 23 heavy (non-hydrogen) atoms. The van der Waals surface area contributed by atoms with Gasteiger partial charge in [-0.05, 0) is 25.5 Å². The molecule has 0 aliphatic rings. The van der Waals surface area contributed by atoms with Crippen molar-refractivity contribution in [3.8, 4) is 11.3 Å². The van der Waals surface area contributed by atoms with E-state index in [-0.39, 0.29) is 5.91 Å². The molecule has 0 bridgehead atoms. The molecule has 3 aromatic heterocycles. The molecule has 0 unspecified atom stereocenters. The minimum Gasteiger partial charge on any atom is -0.347 e. The van der Waals surface area contributed by atoms with Gasteiger partial charge in [0.15, 0.2) is 0 Å². The van der Waals surface area contributed by atoms with Crippen LogP contribution in [0.4, 0.5) is 0 Å². The molecule has 0 saturated heterocycles. The van der Waals surface area contributed by atoms with Crippen molar-refractivity contribution in [1.29, 1.82) is 0 Å². The van der Waals surface area contributed by atoms with Gasteiger partial charge in [-0.1, -0.05) is 6.07 Å². The van der Waals surface area contributed by atoms with Crippen LogP contribution in [0, 0.1) is 13.8 Å². The van der Waals surface area contributed by atoms with Gasteiger partial charge in [0, 0.05) is 31.5 Å². The monoisotopic (exact) mass is 327 g/mol. The summed E-state index contributed by atoms with van der Waals surface area (Å²) in [6.45, 7) is 4.16. The quantitative estimate of drug-likeness (QED) is 0.799. The zero-order valence-corrected chi connectivity index (χ0v) is 14.0. The standard InChI is InChI=1S/C16H17N5OS/c1-10-15(23-11(2)20-10)16(22)18-7-12-5-4-6-17-14(12)13-8-19-21(3)9-13/h4-6,8-9H,7H2,1-3H3,(H,18,22). The number of amides is 1. The van der Waals surface area contributed by atoms with Gasteiger partial charge in [-0.15, -0.1) is 11.3 Å². The summed E-state index contributed by atoms with van der Waals surface area (Å²) in [7, 11) is 1.86. The summed E-state index contributed by atoms with van der Waals surface area (Å²) < 4.78 is 1.73. The Morgan fingerprint density at radius 1 is 1.39 bits per heavy atom. The van der Waals surface area contributed by atoms with Crippen molar-refractivity contribution in [3.05, 3.63) is 51.9 Å². The summed E-state index contributed by atoms with van der Waals surface area (Å²) in [4.78, 5) is 21.7. The smallest absolute Gasteiger partial charge is 0.263 e. The Bertz CT molecular complexity index is 852. The fourth-order valence-corrected chi connectivity index (χ4v) is 3.22. The second kappa shape index (κ2) is 6.29. The average Bonchev–Trinajstić information content (AvgIpc) is 3.10. The van der Waals surface area contributed by atoms with Crippen LogP contribution in [-0.2, 0) is 13.6 Å². The molecule has 3 heterocycles. The van der Waals surface area contributed by atoms with E-state index in [4.69, 9.17) is 0 Å². The molecular weight excluding hydrogens is 310 g/mol. The van der Waals surface area contributed by atoms with Gasteiger partial charge in [-0.25, -0.2) is 4.98 Å². The number of rotatable bonds is 4. The number of aryl methyl sites for hydroxylation is 3. The fourth-order valence-electron chi connectivity index (χ4n) is 2.38. The third kappa shape index (κ3) is 3.29. The number of hydrogen-bond acceptors (Lipinski definition) is 5. The first-order chi connectivity index (χ1) is 11.0. The first kappa shape index (κ1) is 15.4. The molecule has 0 fully saturated rings. The zero-order chi connectivity index (χ0) is 16.4. The lowest BCUT2D eigenvalue weighted by Gasteiger charge is -2.08. The van der Waals surface area contributed by atoms with Crippen LogP contribution < -0.4 is 5.32 Å². The van der Waals surface area contributed by atoms with Gasteiger partial charge in [0.25, 0.3) is 5.91 Å². The van der Waals surface area contributed by atoms with Gasteiger partial charge in [0.1, 0.15) is 4.88 Å². The maximum absolute atomic E-state index is 12.3. The maximum atomic E-state index is 12.3. The molecule has 0 aliphatic carbocycles. The molecule has 0 saturated carbocycles. The van der Waals surface area contributed by atoms with Crippen molar-refractivity contribution in [3.63, 3.8) is 0 Å². The summed E-state index contributed by atoms with van der Waals surface area (Å²) >= 11 is 1.41. The lowest BCUT2D eigenvalue weighted by molar-refractivity contribution is 0.0954. The molecular formula is C16H17N5OS. The molecule has 7 heteroatoms. The molecule has 0 atom stereocenters. The summed E-state index contributed by atoms with van der Waals surface area (Å²) in [5, 5.41) is 8.02. The van der Waals surface area contributed by atoms with Crippen molar-refractivity contribution in [2.75, 3.05) is 0 Å². The van der Waals surface area contributed by atoms with E-state index in [1.807, 2.05) is 39.2 Å². The number of thiazole rings is 1. The van der Waals surface area contributed by atoms with E-state index >= 15 is 0 Å². The summed E-state index contributed by atoms with van der Waals surface area (Å²) in [5.74, 6) is -0.103. The van der Waals surface area contributed by atoms with Gasteiger partial charge >= 0.3 is 0 Å². The Morgan fingerprint density at radius 3 is 2.87 bits per heavy atom. The van der Waals surface area contributed by atoms with Crippen LogP contribution in [0.1, 0.15) is 25.9 Å². The molecule has 6 nitrogen and oxygen atoms in total. The highest BCUT2D eigenvalue weighted by Gasteiger charge is 2.15. The van der Waals surface area contributed by atoms with E-state index in [1.54, 1.807) is 17.1 Å². The average molecular weight is 327 g/mol. The Kier molecular flexibility index (Phi) is 4.20. The van der Waals surface area contributed by atoms with Crippen LogP contribution in [0.25, 0.3) is 11.3 Å². The number of aromatic nitrogens is 4. The molecule has 0 aliphatic heterocycles. The second-order valence-electron chi connectivity index (χ2n) is 5.24. The minimum atomic E-state index is -0.103. The van der Waals surface area contributed by atoms with E-state index in [9.17, 15) is 4.79 Å². The lowest BCUT2D eigenvalue weighted by Crippen LogP contribution is -2.23. The lowest BCUT2D eigenvalue weighted by atomic mass is 10.1. The minimum absolute atomic E-state index is 0.103. The van der Waals surface area contributed by atoms with Crippen molar-refractivity contribution in [1.82, 2.24) is 25.1 Å². The molecule has 1 amide bonds. The van der Waals surface area contributed by atoms with Crippen LogP contribution in [-0.4, -0.2) is 25.7 Å². The molecule has 3 aromatic rings. The van der Waals surface area contributed by atoms with Crippen LogP contribution in [0.3, 0.4) is 0 Å². The first-order valence-corrected chi connectivity index (χ1v) is 8.01. The number of pyridine rings is 1. The third-order valence-corrected chi connectivity index (χ3v) is 4.49. The largest absolute Gasteiger partial charge is 0.347 e.